The fourth-order valence-electron chi connectivity index (χ4n) is 0.808. The van der Waals surface area contributed by atoms with Gasteiger partial charge in [0.25, 0.3) is 0 Å². The summed E-state index contributed by atoms with van der Waals surface area (Å²) in [5, 5.41) is 3.66. The van der Waals surface area contributed by atoms with Crippen molar-refractivity contribution < 1.29 is 0 Å². The zero-order valence-electron chi connectivity index (χ0n) is 5.82. The predicted molar refractivity (Wildman–Crippen MR) is 57.7 cm³/mol. The summed E-state index contributed by atoms with van der Waals surface area (Å²) in [5.41, 5.74) is 0. The van der Waals surface area contributed by atoms with Gasteiger partial charge >= 0.3 is 0 Å². The number of nitrogens with zero attached hydrogens (tertiary/aromatic N) is 1. The van der Waals surface area contributed by atoms with Crippen LogP contribution in [0, 0.1) is 0 Å². The second kappa shape index (κ2) is 3.38. The molecule has 0 saturated carbocycles. The van der Waals surface area contributed by atoms with Crippen molar-refractivity contribution in [2.75, 3.05) is 0 Å². The Hall–Kier alpha value is -0.0300. The molecule has 0 bridgehead atoms. The van der Waals surface area contributed by atoms with Crippen LogP contribution in [-0.2, 0) is 0 Å². The summed E-state index contributed by atoms with van der Waals surface area (Å²) in [4.78, 5) is 5.33. The van der Waals surface area contributed by atoms with E-state index in [-0.39, 0.29) is 0 Å². The standard InChI is InChI=1S/C7H4ClNS3/c8-5-2-1-4(12-5)7-9-6(10)3-11-7/h1-3,10H. The molecule has 2 heterocycles. The summed E-state index contributed by atoms with van der Waals surface area (Å²) in [6.07, 6.45) is 0. The molecule has 0 N–H and O–H groups in total. The Kier molecular flexibility index (Phi) is 2.41. The van der Waals surface area contributed by atoms with Crippen LogP contribution >= 0.6 is 46.9 Å². The molecule has 5 heteroatoms. The maximum atomic E-state index is 5.79. The van der Waals surface area contributed by atoms with Crippen molar-refractivity contribution in [2.45, 2.75) is 5.03 Å². The summed E-state index contributed by atoms with van der Waals surface area (Å²) in [7, 11) is 0. The molecule has 62 valence electrons. The third-order valence-electron chi connectivity index (χ3n) is 1.28. The fraction of sp³-hybridized carbons (Fsp3) is 0. The maximum Gasteiger partial charge on any atom is 0.134 e. The Morgan fingerprint density at radius 3 is 2.75 bits per heavy atom. The number of thiophene rings is 1. The highest BCUT2D eigenvalue weighted by molar-refractivity contribution is 7.80. The Morgan fingerprint density at radius 1 is 1.42 bits per heavy atom. The van der Waals surface area contributed by atoms with Crippen LogP contribution in [0.4, 0.5) is 0 Å². The van der Waals surface area contributed by atoms with Crippen molar-refractivity contribution in [3.05, 3.63) is 21.8 Å². The summed E-state index contributed by atoms with van der Waals surface area (Å²) in [6.45, 7) is 0. The van der Waals surface area contributed by atoms with Crippen molar-refractivity contribution in [3.8, 4) is 9.88 Å². The zero-order chi connectivity index (χ0) is 8.55. The molecule has 0 unspecified atom stereocenters. The summed E-state index contributed by atoms with van der Waals surface area (Å²) in [5.74, 6) is 0. The van der Waals surface area contributed by atoms with Gasteiger partial charge in [-0.1, -0.05) is 11.6 Å². The van der Waals surface area contributed by atoms with Gasteiger partial charge in [0.05, 0.1) is 9.21 Å². The van der Waals surface area contributed by atoms with E-state index in [0.717, 1.165) is 19.2 Å². The summed E-state index contributed by atoms with van der Waals surface area (Å²) < 4.78 is 0.793. The van der Waals surface area contributed by atoms with Gasteiger partial charge in [-0.15, -0.1) is 35.3 Å². The lowest BCUT2D eigenvalue weighted by atomic mass is 10.5. The number of aromatic nitrogens is 1. The highest BCUT2D eigenvalue weighted by Crippen LogP contribution is 2.33. The molecule has 0 aliphatic carbocycles. The molecule has 0 spiro atoms. The SMILES string of the molecule is Sc1csc(-c2ccc(Cl)s2)n1. The number of rotatable bonds is 1. The van der Waals surface area contributed by atoms with Gasteiger partial charge in [-0.05, 0) is 12.1 Å². The highest BCUT2D eigenvalue weighted by atomic mass is 35.5. The van der Waals surface area contributed by atoms with E-state index in [1.54, 1.807) is 11.3 Å². The first kappa shape index (κ1) is 8.56. The molecule has 2 aromatic heterocycles. The molecular formula is C7H4ClNS3. The summed E-state index contributed by atoms with van der Waals surface area (Å²) in [6, 6.07) is 3.85. The Morgan fingerprint density at radius 2 is 2.25 bits per heavy atom. The topological polar surface area (TPSA) is 12.9 Å². The second-order valence-corrected chi connectivity index (χ2v) is 5.15. The fourth-order valence-corrected chi connectivity index (χ4v) is 2.94. The Labute approximate surface area is 88.4 Å². The Balaban J connectivity index is 2.43. The van der Waals surface area contributed by atoms with Gasteiger partial charge < -0.3 is 0 Å². The second-order valence-electron chi connectivity index (χ2n) is 2.11. The summed E-state index contributed by atoms with van der Waals surface area (Å²) >= 11 is 13.0. The van der Waals surface area contributed by atoms with Crippen LogP contribution in [-0.4, -0.2) is 4.98 Å². The average molecular weight is 234 g/mol. The normalized spacial score (nSPS) is 10.5. The maximum absolute atomic E-state index is 5.79. The third-order valence-corrected chi connectivity index (χ3v) is 3.92. The largest absolute Gasteiger partial charge is 0.229 e. The van der Waals surface area contributed by atoms with E-state index in [4.69, 9.17) is 11.6 Å². The van der Waals surface area contributed by atoms with Gasteiger partial charge in [-0.2, -0.15) is 0 Å². The number of halogens is 1. The first-order valence-corrected chi connectivity index (χ1v) is 5.68. The molecule has 0 saturated heterocycles. The third kappa shape index (κ3) is 1.66. The van der Waals surface area contributed by atoms with Crippen molar-refractivity contribution in [3.63, 3.8) is 0 Å². The van der Waals surface area contributed by atoms with E-state index < -0.39 is 0 Å². The van der Waals surface area contributed by atoms with Crippen LogP contribution in [0.25, 0.3) is 9.88 Å². The number of hydrogen-bond acceptors (Lipinski definition) is 4. The average Bonchev–Trinajstić information content (AvgIpc) is 2.58. The first-order valence-electron chi connectivity index (χ1n) is 3.16. The van der Waals surface area contributed by atoms with Gasteiger partial charge in [0, 0.05) is 5.38 Å². The molecule has 0 radical (unpaired) electrons. The van der Waals surface area contributed by atoms with E-state index >= 15 is 0 Å². The molecule has 1 nitrogen and oxygen atoms in total. The van der Waals surface area contributed by atoms with Crippen LogP contribution in [0.3, 0.4) is 0 Å². The van der Waals surface area contributed by atoms with Gasteiger partial charge in [0.2, 0.25) is 0 Å². The van der Waals surface area contributed by atoms with Crippen LogP contribution in [0.2, 0.25) is 4.34 Å². The van der Waals surface area contributed by atoms with E-state index in [2.05, 4.69) is 17.6 Å². The monoisotopic (exact) mass is 233 g/mol. The molecule has 2 aromatic rings. The minimum atomic E-state index is 0.763. The lowest BCUT2D eigenvalue weighted by Crippen LogP contribution is -1.66. The molecule has 0 fully saturated rings. The number of thiazole rings is 1. The van der Waals surface area contributed by atoms with Gasteiger partial charge in [-0.3, -0.25) is 0 Å². The molecule has 0 aliphatic heterocycles. The van der Waals surface area contributed by atoms with E-state index in [0.29, 0.717) is 0 Å². The smallest absolute Gasteiger partial charge is 0.134 e. The molecule has 0 atom stereocenters. The Bertz CT molecular complexity index is 355. The van der Waals surface area contributed by atoms with Crippen LogP contribution in [0.5, 0.6) is 0 Å². The molecular weight excluding hydrogens is 230 g/mol. The number of thiol groups is 1. The van der Waals surface area contributed by atoms with Crippen LogP contribution in [0.15, 0.2) is 22.5 Å². The zero-order valence-corrected chi connectivity index (χ0v) is 9.10. The number of hydrogen-bond donors (Lipinski definition) is 1. The molecule has 12 heavy (non-hydrogen) atoms. The van der Waals surface area contributed by atoms with Crippen LogP contribution < -0.4 is 0 Å². The van der Waals surface area contributed by atoms with Crippen molar-refractivity contribution in [2.24, 2.45) is 0 Å². The van der Waals surface area contributed by atoms with Gasteiger partial charge in [-0.25, -0.2) is 4.98 Å². The van der Waals surface area contributed by atoms with E-state index in [1.807, 2.05) is 17.5 Å². The van der Waals surface area contributed by atoms with Crippen molar-refractivity contribution in [1.29, 1.82) is 0 Å². The lowest BCUT2D eigenvalue weighted by molar-refractivity contribution is 1.22. The van der Waals surface area contributed by atoms with Crippen molar-refractivity contribution >= 4 is 46.9 Å². The lowest BCUT2D eigenvalue weighted by Gasteiger charge is -1.84. The van der Waals surface area contributed by atoms with E-state index in [9.17, 15) is 0 Å². The van der Waals surface area contributed by atoms with Gasteiger partial charge in [0.15, 0.2) is 0 Å². The van der Waals surface area contributed by atoms with E-state index in [1.165, 1.54) is 11.3 Å². The highest BCUT2D eigenvalue weighted by Gasteiger charge is 2.04. The predicted octanol–water partition coefficient (Wildman–Crippen LogP) is 3.81. The van der Waals surface area contributed by atoms with Gasteiger partial charge in [0.1, 0.15) is 10.0 Å². The van der Waals surface area contributed by atoms with Crippen molar-refractivity contribution in [1.82, 2.24) is 4.98 Å². The first-order chi connectivity index (χ1) is 5.75. The molecule has 0 amide bonds. The minimum absolute atomic E-state index is 0.763. The molecule has 0 aromatic carbocycles. The quantitative estimate of drug-likeness (QED) is 0.739. The molecule has 0 aliphatic rings. The minimum Gasteiger partial charge on any atom is -0.229 e. The van der Waals surface area contributed by atoms with Crippen LogP contribution in [0.1, 0.15) is 0 Å². The molecule has 2 rings (SSSR count).